The Morgan fingerprint density at radius 3 is 2.18 bits per heavy atom. The number of aliphatic hydroxyl groups is 7. The molecule has 0 aromatic heterocycles. The first-order chi connectivity index (χ1) is 23.8. The topological polar surface area (TPSA) is 368 Å². The number of aliphatic hydroxyl groups excluding tert-OH is 7. The zero-order valence-corrected chi connectivity index (χ0v) is 27.6. The Balaban J connectivity index is 1.54. The van der Waals surface area contributed by atoms with Crippen molar-refractivity contribution < 1.29 is 69.0 Å². The number of carbonyl (C=O) groups excluding carboxylic acids is 1. The smallest absolute Gasteiger partial charge is 0.249 e. The van der Waals surface area contributed by atoms with Crippen molar-refractivity contribution in [2.24, 2.45) is 28.7 Å². The molecule has 1 amide bonds. The highest BCUT2D eigenvalue weighted by Gasteiger charge is 2.54. The predicted molar refractivity (Wildman–Crippen MR) is 170 cm³/mol. The van der Waals surface area contributed by atoms with Crippen molar-refractivity contribution in [1.82, 2.24) is 10.6 Å². The molecule has 3 heterocycles. The van der Waals surface area contributed by atoms with E-state index >= 15 is 0 Å². The maximum absolute atomic E-state index is 12.7. The number of nitrogens with two attached hydrogens (primary N) is 5. The van der Waals surface area contributed by atoms with Gasteiger partial charge in [-0.15, -0.1) is 0 Å². The summed E-state index contributed by atoms with van der Waals surface area (Å²) in [5, 5.41) is 78.5. The molecule has 4 aliphatic rings. The molecule has 21 heteroatoms. The van der Waals surface area contributed by atoms with Crippen LogP contribution in [0.5, 0.6) is 0 Å². The van der Waals surface area contributed by atoms with E-state index in [4.69, 9.17) is 62.2 Å². The molecule has 3 fully saturated rings. The van der Waals surface area contributed by atoms with Gasteiger partial charge in [-0.1, -0.05) is 12.2 Å². The lowest BCUT2D eigenvalue weighted by Crippen LogP contribution is -2.67. The van der Waals surface area contributed by atoms with E-state index in [9.17, 15) is 35.4 Å². The molecule has 18 atom stereocenters. The first-order valence-electron chi connectivity index (χ1n) is 16.8. The lowest BCUT2D eigenvalue weighted by Gasteiger charge is -2.46. The van der Waals surface area contributed by atoms with Gasteiger partial charge in [-0.2, -0.15) is 0 Å². The summed E-state index contributed by atoms with van der Waals surface area (Å²) in [5.74, 6) is -0.802. The molecule has 4 rings (SSSR count). The van der Waals surface area contributed by atoms with Crippen molar-refractivity contribution in [3.05, 3.63) is 12.2 Å². The maximum atomic E-state index is 12.7. The number of carbonyl (C=O) groups is 1. The normalized spacial score (nSPS) is 44.3. The van der Waals surface area contributed by atoms with E-state index in [-0.39, 0.29) is 32.5 Å². The van der Waals surface area contributed by atoms with Crippen LogP contribution in [0.4, 0.5) is 0 Å². The molecule has 1 aliphatic carbocycles. The Morgan fingerprint density at radius 2 is 1.52 bits per heavy atom. The van der Waals surface area contributed by atoms with Crippen molar-refractivity contribution in [2.75, 3.05) is 39.4 Å². The van der Waals surface area contributed by atoms with Gasteiger partial charge < -0.3 is 103 Å². The van der Waals surface area contributed by atoms with Gasteiger partial charge in [0.25, 0.3) is 0 Å². The predicted octanol–water partition coefficient (Wildman–Crippen LogP) is -8.57. The van der Waals surface area contributed by atoms with E-state index in [0.29, 0.717) is 13.1 Å². The molecule has 21 nitrogen and oxygen atoms in total. The fraction of sp³-hybridized carbons (Fsp3) is 0.897. The Kier molecular flexibility index (Phi) is 15.6. The number of ether oxygens (including phenoxy) is 6. The largest absolute Gasteiger partial charge is 0.395 e. The molecule has 0 aromatic carbocycles. The third-order valence-electron chi connectivity index (χ3n) is 9.22. The van der Waals surface area contributed by atoms with Gasteiger partial charge in [0.1, 0.15) is 61.0 Å². The van der Waals surface area contributed by atoms with Crippen LogP contribution in [0.1, 0.15) is 12.8 Å². The van der Waals surface area contributed by atoms with Crippen LogP contribution in [0.2, 0.25) is 0 Å². The van der Waals surface area contributed by atoms with E-state index in [1.165, 1.54) is 0 Å². The van der Waals surface area contributed by atoms with Crippen LogP contribution in [0.15, 0.2) is 12.2 Å². The Hall–Kier alpha value is -1.55. The van der Waals surface area contributed by atoms with Crippen LogP contribution in [-0.4, -0.2) is 191 Å². The van der Waals surface area contributed by atoms with Crippen LogP contribution in [-0.2, 0) is 33.2 Å². The fourth-order valence-electron chi connectivity index (χ4n) is 6.36. The van der Waals surface area contributed by atoms with Crippen LogP contribution in [0, 0.1) is 0 Å². The summed E-state index contributed by atoms with van der Waals surface area (Å²) < 4.78 is 35.7. The molecule has 1 saturated carbocycles. The van der Waals surface area contributed by atoms with E-state index < -0.39 is 123 Å². The lowest BCUT2D eigenvalue weighted by molar-refractivity contribution is -0.284. The molecule has 0 spiro atoms. The van der Waals surface area contributed by atoms with Gasteiger partial charge in [0.05, 0.1) is 37.4 Å². The van der Waals surface area contributed by atoms with E-state index in [0.717, 1.165) is 0 Å². The monoisotopic (exact) mass is 725 g/mol. The van der Waals surface area contributed by atoms with Crippen LogP contribution >= 0.6 is 0 Å². The van der Waals surface area contributed by atoms with Gasteiger partial charge in [-0.25, -0.2) is 0 Å². The summed E-state index contributed by atoms with van der Waals surface area (Å²) in [6, 6.07) is -4.05. The van der Waals surface area contributed by atoms with Crippen LogP contribution < -0.4 is 39.3 Å². The van der Waals surface area contributed by atoms with Gasteiger partial charge in [0.15, 0.2) is 18.9 Å². The maximum Gasteiger partial charge on any atom is 0.249 e. The second-order valence-corrected chi connectivity index (χ2v) is 12.9. The fourth-order valence-corrected chi connectivity index (χ4v) is 6.36. The number of rotatable bonds is 16. The summed E-state index contributed by atoms with van der Waals surface area (Å²) in [5.41, 5.74) is 30.0. The molecular weight excluding hydrogens is 670 g/mol. The molecule has 0 aromatic rings. The molecular formula is C29H55N7O14. The highest BCUT2D eigenvalue weighted by atomic mass is 16.8. The molecule has 290 valence electrons. The van der Waals surface area contributed by atoms with Crippen molar-refractivity contribution in [3.8, 4) is 0 Å². The highest BCUT2D eigenvalue weighted by molar-refractivity contribution is 5.80. The zero-order chi connectivity index (χ0) is 36.7. The molecule has 19 N–H and O–H groups in total. The molecule has 2 saturated heterocycles. The number of nitrogens with one attached hydrogen (secondary N) is 2. The number of hydrogen-bond acceptors (Lipinski definition) is 20. The first-order valence-corrected chi connectivity index (χ1v) is 16.8. The standard InChI is InChI=1S/C29H55N7O14/c30-4-3-15(39)26(44)36-14-7-13(33)23(48-27-12(32)2-1-11(45-27)9-35-5-6-37)25(19(14)40)50-29-22(43)24(17(10-38)47-29)49-28-18(34)21(42)20(41)16(8-31)46-28/h1-2,11-25,27-29,35,37-43H,3-10,30-34H2,(H,36,44)/t11-,12+,13-,14+,15?,16-,17+,18+,19-,20+,21+,22+,23+,24+,25+,27+,28+,29-/m0/s1. The third-order valence-corrected chi connectivity index (χ3v) is 9.22. The third kappa shape index (κ3) is 9.70. The summed E-state index contributed by atoms with van der Waals surface area (Å²) >= 11 is 0. The average Bonchev–Trinajstić information content (AvgIpc) is 3.39. The van der Waals surface area contributed by atoms with Crippen molar-refractivity contribution in [1.29, 1.82) is 0 Å². The summed E-state index contributed by atoms with van der Waals surface area (Å²) in [4.78, 5) is 12.7. The highest BCUT2D eigenvalue weighted by Crippen LogP contribution is 2.34. The summed E-state index contributed by atoms with van der Waals surface area (Å²) in [6.45, 7) is -0.261. The van der Waals surface area contributed by atoms with Gasteiger partial charge in [-0.05, 0) is 19.4 Å². The SMILES string of the molecule is NCCC(O)C(=O)N[C@@H]1C[C@H](N)[C@@H](O[C@H]2O[C@H](CNCCO)C=C[C@H]2N)[C@H](O[C@@H]2O[C@H](CO)[C@@H](O[C@H]3O[C@@H](CN)[C@@H](O)[C@H](O)[C@H]3N)[C@H]2O)[C@H]1O. The zero-order valence-electron chi connectivity index (χ0n) is 27.6. The van der Waals surface area contributed by atoms with Gasteiger partial charge in [-0.3, -0.25) is 4.79 Å². The number of amides is 1. The first kappa shape index (κ1) is 41.2. The van der Waals surface area contributed by atoms with Crippen molar-refractivity contribution in [2.45, 2.75) is 123 Å². The van der Waals surface area contributed by atoms with E-state index in [2.05, 4.69) is 10.6 Å². The molecule has 0 radical (unpaired) electrons. The Morgan fingerprint density at radius 1 is 0.840 bits per heavy atom. The van der Waals surface area contributed by atoms with Crippen LogP contribution in [0.25, 0.3) is 0 Å². The van der Waals surface area contributed by atoms with E-state index in [1.54, 1.807) is 12.2 Å². The second kappa shape index (κ2) is 19.0. The van der Waals surface area contributed by atoms with E-state index in [1.807, 2.05) is 0 Å². The minimum atomic E-state index is -1.66. The summed E-state index contributed by atoms with van der Waals surface area (Å²) in [6.07, 6.45) is -15.1. The molecule has 3 aliphatic heterocycles. The minimum Gasteiger partial charge on any atom is -0.395 e. The van der Waals surface area contributed by atoms with Gasteiger partial charge in [0, 0.05) is 25.7 Å². The van der Waals surface area contributed by atoms with Gasteiger partial charge in [0.2, 0.25) is 5.91 Å². The molecule has 50 heavy (non-hydrogen) atoms. The average molecular weight is 726 g/mol. The van der Waals surface area contributed by atoms with Crippen LogP contribution in [0.3, 0.4) is 0 Å². The quantitative estimate of drug-likeness (QED) is 0.0519. The lowest BCUT2D eigenvalue weighted by atomic mass is 9.83. The molecule has 1 unspecified atom stereocenters. The van der Waals surface area contributed by atoms with Gasteiger partial charge >= 0.3 is 0 Å². The second-order valence-electron chi connectivity index (χ2n) is 12.9. The molecule has 0 bridgehead atoms. The number of hydrogen-bond donors (Lipinski definition) is 14. The van der Waals surface area contributed by atoms with Crippen molar-refractivity contribution >= 4 is 5.91 Å². The Labute approximate surface area is 288 Å². The Bertz CT molecular complexity index is 1090. The minimum absolute atomic E-state index is 0.0327. The van der Waals surface area contributed by atoms with Crippen molar-refractivity contribution in [3.63, 3.8) is 0 Å². The summed E-state index contributed by atoms with van der Waals surface area (Å²) in [7, 11) is 0.